The Kier molecular flexibility index (Phi) is 7.10. The molecule has 0 atom stereocenters. The number of aromatic nitrogens is 2. The average Bonchev–Trinajstić information content (AvgIpc) is 3.12. The second-order valence-electron chi connectivity index (χ2n) is 8.07. The molecule has 0 saturated carbocycles. The van der Waals surface area contributed by atoms with Crippen molar-refractivity contribution in [2.24, 2.45) is 0 Å². The zero-order chi connectivity index (χ0) is 20.0. The predicted octanol–water partition coefficient (Wildman–Crippen LogP) is 6.20. The molecule has 6 heteroatoms. The summed E-state index contributed by atoms with van der Waals surface area (Å²) in [7, 11) is -1.06. The molecule has 0 aliphatic carbocycles. The summed E-state index contributed by atoms with van der Waals surface area (Å²) in [5.74, 6) is 0.826. The van der Waals surface area contributed by atoms with E-state index in [4.69, 9.17) is 9.47 Å². The molecule has 148 valence electrons. The molecule has 3 rings (SSSR count). The number of benzene rings is 2. The molecular weight excluding hydrogens is 432 g/mol. The van der Waals surface area contributed by atoms with Crippen LogP contribution in [0.3, 0.4) is 0 Å². The molecule has 0 spiro atoms. The summed E-state index contributed by atoms with van der Waals surface area (Å²) in [6, 6.07) is 17.4. The maximum Gasteiger partial charge on any atom is 0.139 e. The summed E-state index contributed by atoms with van der Waals surface area (Å²) in [5.41, 5.74) is 3.25. The summed E-state index contributed by atoms with van der Waals surface area (Å²) in [6.07, 6.45) is 3.88. The molecule has 0 fully saturated rings. The summed E-state index contributed by atoms with van der Waals surface area (Å²) in [5, 5.41) is 4.43. The molecule has 28 heavy (non-hydrogen) atoms. The van der Waals surface area contributed by atoms with Crippen molar-refractivity contribution < 1.29 is 9.47 Å². The van der Waals surface area contributed by atoms with Crippen molar-refractivity contribution in [3.8, 4) is 16.9 Å². The van der Waals surface area contributed by atoms with Gasteiger partial charge in [-0.3, -0.25) is 0 Å². The zero-order valence-corrected chi connectivity index (χ0v) is 19.3. The smallest absolute Gasteiger partial charge is 0.139 e. The number of nitrogens with zero attached hydrogens (tertiary/aromatic N) is 2. The van der Waals surface area contributed by atoms with Crippen LogP contribution in [0.1, 0.15) is 5.56 Å². The highest BCUT2D eigenvalue weighted by Gasteiger charge is 2.12. The number of hydrogen-bond acceptors (Lipinski definition) is 3. The van der Waals surface area contributed by atoms with Gasteiger partial charge in [0.2, 0.25) is 0 Å². The second kappa shape index (κ2) is 9.54. The highest BCUT2D eigenvalue weighted by molar-refractivity contribution is 9.10. The molecule has 0 amide bonds. The first-order valence-corrected chi connectivity index (χ1v) is 14.0. The lowest BCUT2D eigenvalue weighted by atomic mass is 10.1. The second-order valence-corrected chi connectivity index (χ2v) is 14.6. The van der Waals surface area contributed by atoms with Crippen molar-refractivity contribution in [3.63, 3.8) is 0 Å². The van der Waals surface area contributed by atoms with Crippen LogP contribution in [0.25, 0.3) is 11.1 Å². The van der Waals surface area contributed by atoms with Gasteiger partial charge in [0.25, 0.3) is 0 Å². The molecule has 0 bridgehead atoms. The number of halogens is 1. The van der Waals surface area contributed by atoms with Crippen LogP contribution >= 0.6 is 15.9 Å². The van der Waals surface area contributed by atoms with E-state index in [1.54, 1.807) is 0 Å². The van der Waals surface area contributed by atoms with E-state index in [1.807, 2.05) is 47.4 Å². The van der Waals surface area contributed by atoms with Gasteiger partial charge in [-0.25, -0.2) is 4.68 Å². The summed E-state index contributed by atoms with van der Waals surface area (Å²) < 4.78 is 14.6. The summed E-state index contributed by atoms with van der Waals surface area (Å²) in [6.45, 7) is 8.88. The Bertz CT molecular complexity index is 891. The minimum Gasteiger partial charge on any atom is -0.489 e. The molecule has 0 radical (unpaired) electrons. The highest BCUT2D eigenvalue weighted by Crippen LogP contribution is 2.29. The van der Waals surface area contributed by atoms with Crippen molar-refractivity contribution in [2.75, 3.05) is 6.61 Å². The topological polar surface area (TPSA) is 36.3 Å². The molecule has 3 aromatic rings. The third-order valence-corrected chi connectivity index (χ3v) is 6.47. The highest BCUT2D eigenvalue weighted by atomic mass is 79.9. The minimum absolute atomic E-state index is 0.482. The maximum atomic E-state index is 5.98. The Hall–Kier alpha value is -1.89. The minimum atomic E-state index is -1.06. The first-order valence-electron chi connectivity index (χ1n) is 9.47. The van der Waals surface area contributed by atoms with Crippen LogP contribution in [0, 0.1) is 0 Å². The number of rotatable bonds is 9. The van der Waals surface area contributed by atoms with Gasteiger partial charge in [-0.05, 0) is 35.4 Å². The quantitative estimate of drug-likeness (QED) is 0.282. The lowest BCUT2D eigenvalue weighted by molar-refractivity contribution is 0.0786. The van der Waals surface area contributed by atoms with E-state index in [1.165, 1.54) is 0 Å². The van der Waals surface area contributed by atoms with Gasteiger partial charge in [0.1, 0.15) is 19.1 Å². The van der Waals surface area contributed by atoms with Crippen molar-refractivity contribution >= 4 is 24.0 Å². The van der Waals surface area contributed by atoms with Gasteiger partial charge in [-0.15, -0.1) is 0 Å². The Morgan fingerprint density at radius 1 is 1.04 bits per heavy atom. The third kappa shape index (κ3) is 6.62. The molecule has 0 aliphatic rings. The van der Waals surface area contributed by atoms with Gasteiger partial charge >= 0.3 is 0 Å². The molecule has 1 heterocycles. The van der Waals surface area contributed by atoms with Gasteiger partial charge in [0.15, 0.2) is 0 Å². The van der Waals surface area contributed by atoms with Crippen molar-refractivity contribution in [2.45, 2.75) is 39.0 Å². The van der Waals surface area contributed by atoms with Gasteiger partial charge < -0.3 is 9.47 Å². The lowest BCUT2D eigenvalue weighted by Crippen LogP contribution is -2.22. The Morgan fingerprint density at radius 3 is 2.57 bits per heavy atom. The fourth-order valence-electron chi connectivity index (χ4n) is 2.67. The lowest BCUT2D eigenvalue weighted by Gasteiger charge is -2.15. The molecule has 4 nitrogen and oxygen atoms in total. The van der Waals surface area contributed by atoms with Crippen LogP contribution in [0.5, 0.6) is 5.75 Å². The van der Waals surface area contributed by atoms with Crippen LogP contribution in [0.2, 0.25) is 25.7 Å². The van der Waals surface area contributed by atoms with Crippen LogP contribution in [0.15, 0.2) is 65.4 Å². The number of ether oxygens (including phenoxy) is 2. The van der Waals surface area contributed by atoms with Gasteiger partial charge in [0.05, 0.1) is 6.20 Å². The van der Waals surface area contributed by atoms with E-state index in [9.17, 15) is 0 Å². The Balaban J connectivity index is 1.62. The molecule has 2 aromatic carbocycles. The molecule has 0 aliphatic heterocycles. The van der Waals surface area contributed by atoms with E-state index in [2.05, 4.69) is 58.9 Å². The fraction of sp³-hybridized carbons (Fsp3) is 0.318. The SMILES string of the molecule is C[Si](C)(C)CCOCn1cc(-c2cc(Br)cc(OCc3ccccc3)c2)cn1. The Morgan fingerprint density at radius 2 is 1.82 bits per heavy atom. The standard InChI is InChI=1S/C22H27BrN2O2Si/c1-28(2,3)10-9-26-17-25-15-20(14-24-25)19-11-21(23)13-22(12-19)27-16-18-7-5-4-6-8-18/h4-8,11-15H,9-10,16-17H2,1-3H3. The predicted molar refractivity (Wildman–Crippen MR) is 120 cm³/mol. The van der Waals surface area contributed by atoms with Gasteiger partial charge in [-0.1, -0.05) is 65.9 Å². The first-order chi connectivity index (χ1) is 13.4. The van der Waals surface area contributed by atoms with Crippen molar-refractivity contribution in [1.29, 1.82) is 0 Å². The molecule has 0 saturated heterocycles. The van der Waals surface area contributed by atoms with E-state index in [0.717, 1.165) is 39.6 Å². The maximum absolute atomic E-state index is 5.98. The average molecular weight is 459 g/mol. The molecule has 0 unspecified atom stereocenters. The summed E-state index contributed by atoms with van der Waals surface area (Å²) in [4.78, 5) is 0. The number of hydrogen-bond donors (Lipinski definition) is 0. The van der Waals surface area contributed by atoms with Crippen LogP contribution in [0.4, 0.5) is 0 Å². The molecule has 0 N–H and O–H groups in total. The first kappa shape index (κ1) is 20.8. The monoisotopic (exact) mass is 458 g/mol. The van der Waals surface area contributed by atoms with Gasteiger partial charge in [0, 0.05) is 30.9 Å². The zero-order valence-electron chi connectivity index (χ0n) is 16.7. The fourth-order valence-corrected chi connectivity index (χ4v) is 3.90. The largest absolute Gasteiger partial charge is 0.489 e. The molecule has 1 aromatic heterocycles. The van der Waals surface area contributed by atoms with Crippen molar-refractivity contribution in [1.82, 2.24) is 9.78 Å². The summed E-state index contributed by atoms with van der Waals surface area (Å²) >= 11 is 3.59. The normalized spacial score (nSPS) is 11.6. The van der Waals surface area contributed by atoms with E-state index >= 15 is 0 Å². The third-order valence-electron chi connectivity index (χ3n) is 4.31. The van der Waals surface area contributed by atoms with Crippen LogP contribution in [-0.4, -0.2) is 24.5 Å². The van der Waals surface area contributed by atoms with Crippen molar-refractivity contribution in [3.05, 3.63) is 71.0 Å². The van der Waals surface area contributed by atoms with Gasteiger partial charge in [-0.2, -0.15) is 5.10 Å². The molecular formula is C22H27BrN2O2Si. The Labute approximate surface area is 176 Å². The van der Waals surface area contributed by atoms with E-state index in [-0.39, 0.29) is 0 Å². The van der Waals surface area contributed by atoms with E-state index < -0.39 is 8.07 Å². The van der Waals surface area contributed by atoms with Crippen LogP contribution < -0.4 is 4.74 Å². The van der Waals surface area contributed by atoms with Crippen LogP contribution in [-0.2, 0) is 18.1 Å². The van der Waals surface area contributed by atoms with E-state index in [0.29, 0.717) is 13.3 Å².